The number of rotatable bonds is 2. The number of hydrogen-bond acceptors (Lipinski definition) is 4. The first kappa shape index (κ1) is 12.8. The van der Waals surface area contributed by atoms with E-state index >= 15 is 0 Å². The molecule has 1 aliphatic heterocycles. The molecule has 1 fully saturated rings. The number of anilines is 2. The van der Waals surface area contributed by atoms with Crippen molar-refractivity contribution in [3.8, 4) is 0 Å². The number of nitrogens with two attached hydrogens (primary N) is 1. The molecule has 1 unspecified atom stereocenters. The Labute approximate surface area is 104 Å². The Morgan fingerprint density at radius 2 is 2.17 bits per heavy atom. The first-order chi connectivity index (χ1) is 8.37. The van der Waals surface area contributed by atoms with Gasteiger partial charge in [0.1, 0.15) is 5.82 Å². The second-order valence-electron chi connectivity index (χ2n) is 4.32. The molecule has 1 amide bonds. The number of benzene rings is 1. The highest BCUT2D eigenvalue weighted by molar-refractivity contribution is 7.91. The van der Waals surface area contributed by atoms with Crippen molar-refractivity contribution in [2.24, 2.45) is 5.92 Å². The molecule has 98 valence electrons. The van der Waals surface area contributed by atoms with Crippen LogP contribution in [-0.4, -0.2) is 25.8 Å². The zero-order chi connectivity index (χ0) is 13.3. The highest BCUT2D eigenvalue weighted by Crippen LogP contribution is 2.23. The van der Waals surface area contributed by atoms with Crippen molar-refractivity contribution in [3.63, 3.8) is 0 Å². The minimum Gasteiger partial charge on any atom is -0.397 e. The third-order valence-electron chi connectivity index (χ3n) is 2.87. The number of carbonyl (C=O) groups is 1. The van der Waals surface area contributed by atoms with Crippen molar-refractivity contribution in [2.45, 2.75) is 6.42 Å². The Balaban J connectivity index is 2.08. The summed E-state index contributed by atoms with van der Waals surface area (Å²) in [6.45, 7) is 0. The zero-order valence-electron chi connectivity index (χ0n) is 9.52. The lowest BCUT2D eigenvalue weighted by molar-refractivity contribution is -0.119. The lowest BCUT2D eigenvalue weighted by Gasteiger charge is -2.11. The second-order valence-corrected chi connectivity index (χ2v) is 6.55. The number of amides is 1. The fourth-order valence-corrected chi connectivity index (χ4v) is 3.63. The van der Waals surface area contributed by atoms with Gasteiger partial charge in [0, 0.05) is 0 Å². The third kappa shape index (κ3) is 2.79. The van der Waals surface area contributed by atoms with E-state index in [-0.39, 0.29) is 17.2 Å². The molecule has 2 rings (SSSR count). The maximum Gasteiger partial charge on any atom is 0.228 e. The first-order valence-electron chi connectivity index (χ1n) is 5.44. The summed E-state index contributed by atoms with van der Waals surface area (Å²) in [6.07, 6.45) is 0.315. The van der Waals surface area contributed by atoms with Crippen LogP contribution in [0.1, 0.15) is 6.42 Å². The first-order valence-corrected chi connectivity index (χ1v) is 7.26. The summed E-state index contributed by atoms with van der Waals surface area (Å²) < 4.78 is 35.3. The van der Waals surface area contributed by atoms with E-state index in [0.29, 0.717) is 12.1 Å². The number of hydrogen-bond donors (Lipinski definition) is 2. The van der Waals surface area contributed by atoms with Crippen LogP contribution in [0.15, 0.2) is 18.2 Å². The molecule has 0 spiro atoms. The van der Waals surface area contributed by atoms with E-state index in [4.69, 9.17) is 5.73 Å². The predicted octanol–water partition coefficient (Wildman–Crippen LogP) is 0.781. The molecule has 0 radical (unpaired) electrons. The summed E-state index contributed by atoms with van der Waals surface area (Å²) in [7, 11) is -3.10. The highest BCUT2D eigenvalue weighted by Gasteiger charge is 2.33. The van der Waals surface area contributed by atoms with Crippen LogP contribution in [0, 0.1) is 11.7 Å². The molecule has 0 saturated carbocycles. The molecule has 7 heteroatoms. The van der Waals surface area contributed by atoms with Gasteiger partial charge in [-0.25, -0.2) is 12.8 Å². The molecule has 18 heavy (non-hydrogen) atoms. The van der Waals surface area contributed by atoms with Crippen molar-refractivity contribution in [1.29, 1.82) is 0 Å². The maximum absolute atomic E-state index is 12.8. The number of nitrogen functional groups attached to an aromatic ring is 1. The lowest BCUT2D eigenvalue weighted by Crippen LogP contribution is -2.24. The van der Waals surface area contributed by atoms with E-state index < -0.39 is 27.5 Å². The SMILES string of the molecule is Nc1cc(F)ccc1NC(=O)C1CCS(=O)(=O)C1. The number of sulfone groups is 1. The Kier molecular flexibility index (Phi) is 3.25. The standard InChI is InChI=1S/C11H13FN2O3S/c12-8-1-2-10(9(13)5-8)14-11(15)7-3-4-18(16,17)6-7/h1-2,5,7H,3-4,6,13H2,(H,14,15). The summed E-state index contributed by atoms with van der Waals surface area (Å²) in [5, 5.41) is 2.52. The number of nitrogens with one attached hydrogen (secondary N) is 1. The van der Waals surface area contributed by atoms with Crippen LogP contribution < -0.4 is 11.1 Å². The Morgan fingerprint density at radius 1 is 1.44 bits per heavy atom. The summed E-state index contributed by atoms with van der Waals surface area (Å²) >= 11 is 0. The van der Waals surface area contributed by atoms with Gasteiger partial charge in [0.05, 0.1) is 28.8 Å². The third-order valence-corrected chi connectivity index (χ3v) is 4.64. The van der Waals surface area contributed by atoms with E-state index in [1.807, 2.05) is 0 Å². The molecule has 3 N–H and O–H groups in total. The Morgan fingerprint density at radius 3 is 2.72 bits per heavy atom. The Hall–Kier alpha value is -1.63. The smallest absolute Gasteiger partial charge is 0.228 e. The van der Waals surface area contributed by atoms with Crippen LogP contribution in [0.2, 0.25) is 0 Å². The van der Waals surface area contributed by atoms with Gasteiger partial charge < -0.3 is 11.1 Å². The summed E-state index contributed by atoms with van der Waals surface area (Å²) in [5.74, 6) is -1.55. The van der Waals surface area contributed by atoms with Gasteiger partial charge in [0.2, 0.25) is 5.91 Å². The molecule has 1 aliphatic rings. The minimum atomic E-state index is -3.10. The normalized spacial score (nSPS) is 21.7. The van der Waals surface area contributed by atoms with E-state index in [1.165, 1.54) is 12.1 Å². The fourth-order valence-electron chi connectivity index (χ4n) is 1.88. The molecule has 0 aromatic heterocycles. The average molecular weight is 272 g/mol. The molecular weight excluding hydrogens is 259 g/mol. The van der Waals surface area contributed by atoms with Crippen LogP contribution in [0.5, 0.6) is 0 Å². The fraction of sp³-hybridized carbons (Fsp3) is 0.364. The van der Waals surface area contributed by atoms with Crippen LogP contribution >= 0.6 is 0 Å². The molecule has 0 aliphatic carbocycles. The summed E-state index contributed by atoms with van der Waals surface area (Å²) in [5.41, 5.74) is 5.96. The highest BCUT2D eigenvalue weighted by atomic mass is 32.2. The van der Waals surface area contributed by atoms with Crippen LogP contribution in [0.4, 0.5) is 15.8 Å². The summed E-state index contributed by atoms with van der Waals surface area (Å²) in [6, 6.07) is 3.63. The largest absolute Gasteiger partial charge is 0.397 e. The molecule has 5 nitrogen and oxygen atoms in total. The van der Waals surface area contributed by atoms with Crippen molar-refractivity contribution in [3.05, 3.63) is 24.0 Å². The van der Waals surface area contributed by atoms with Gasteiger partial charge in [-0.05, 0) is 24.6 Å². The predicted molar refractivity (Wildman–Crippen MR) is 66.2 cm³/mol. The molecule has 1 aromatic rings. The monoisotopic (exact) mass is 272 g/mol. The average Bonchev–Trinajstić information content (AvgIpc) is 2.63. The second kappa shape index (κ2) is 4.56. The topological polar surface area (TPSA) is 89.3 Å². The summed E-state index contributed by atoms with van der Waals surface area (Å²) in [4.78, 5) is 11.8. The molecule has 1 saturated heterocycles. The zero-order valence-corrected chi connectivity index (χ0v) is 10.3. The Bertz CT molecular complexity index is 586. The molecular formula is C11H13FN2O3S. The van der Waals surface area contributed by atoms with E-state index in [0.717, 1.165) is 6.07 Å². The van der Waals surface area contributed by atoms with Gasteiger partial charge in [0.15, 0.2) is 9.84 Å². The number of halogens is 1. The molecule has 0 bridgehead atoms. The van der Waals surface area contributed by atoms with Gasteiger partial charge >= 0.3 is 0 Å². The minimum absolute atomic E-state index is 0.0317. The van der Waals surface area contributed by atoms with Gasteiger partial charge in [0.25, 0.3) is 0 Å². The van der Waals surface area contributed by atoms with Gasteiger partial charge in [-0.1, -0.05) is 0 Å². The van der Waals surface area contributed by atoms with Crippen LogP contribution in [0.25, 0.3) is 0 Å². The van der Waals surface area contributed by atoms with E-state index in [9.17, 15) is 17.6 Å². The van der Waals surface area contributed by atoms with E-state index in [2.05, 4.69) is 5.32 Å². The van der Waals surface area contributed by atoms with Gasteiger partial charge in [-0.2, -0.15) is 0 Å². The van der Waals surface area contributed by atoms with E-state index in [1.54, 1.807) is 0 Å². The van der Waals surface area contributed by atoms with Gasteiger partial charge in [-0.3, -0.25) is 4.79 Å². The van der Waals surface area contributed by atoms with Crippen LogP contribution in [-0.2, 0) is 14.6 Å². The molecule has 1 heterocycles. The van der Waals surface area contributed by atoms with Crippen LogP contribution in [0.3, 0.4) is 0 Å². The lowest BCUT2D eigenvalue weighted by atomic mass is 10.1. The van der Waals surface area contributed by atoms with Crippen molar-refractivity contribution < 1.29 is 17.6 Å². The molecule has 1 atom stereocenters. The van der Waals surface area contributed by atoms with Crippen molar-refractivity contribution >= 4 is 27.1 Å². The van der Waals surface area contributed by atoms with Crippen molar-refractivity contribution in [1.82, 2.24) is 0 Å². The van der Waals surface area contributed by atoms with Crippen molar-refractivity contribution in [2.75, 3.05) is 22.6 Å². The molecule has 1 aromatic carbocycles. The number of carbonyl (C=O) groups excluding carboxylic acids is 1. The maximum atomic E-state index is 12.8. The quantitative estimate of drug-likeness (QED) is 0.779. The van der Waals surface area contributed by atoms with Gasteiger partial charge in [-0.15, -0.1) is 0 Å².